The van der Waals surface area contributed by atoms with Crippen LogP contribution < -0.4 is 4.74 Å². The SMILES string of the molecule is CC(C)(C)Oc1ccc(C(=O)N2CCOC[C@H]2c2ncon2)cc1. The van der Waals surface area contributed by atoms with E-state index in [2.05, 4.69) is 10.1 Å². The maximum atomic E-state index is 12.8. The van der Waals surface area contributed by atoms with E-state index in [1.54, 1.807) is 17.0 Å². The van der Waals surface area contributed by atoms with E-state index in [1.165, 1.54) is 6.39 Å². The molecule has 0 spiro atoms. The average Bonchev–Trinajstić information content (AvgIpc) is 3.08. The standard InChI is InChI=1S/C17H21N3O4/c1-17(2,3)24-13-6-4-12(5-7-13)16(21)20-8-9-22-10-14(20)15-18-11-23-19-15/h4-7,11,14H,8-10H2,1-3H3/t14-/m0/s1. The van der Waals surface area contributed by atoms with Crippen LogP contribution in [-0.2, 0) is 4.74 Å². The first-order chi connectivity index (χ1) is 11.4. The Morgan fingerprint density at radius 3 is 2.67 bits per heavy atom. The highest BCUT2D eigenvalue weighted by Crippen LogP contribution is 2.25. The Morgan fingerprint density at radius 2 is 2.04 bits per heavy atom. The molecule has 1 aromatic heterocycles. The zero-order valence-corrected chi connectivity index (χ0v) is 14.1. The largest absolute Gasteiger partial charge is 0.488 e. The summed E-state index contributed by atoms with van der Waals surface area (Å²) in [6.07, 6.45) is 1.26. The van der Waals surface area contributed by atoms with Gasteiger partial charge < -0.3 is 18.9 Å². The Morgan fingerprint density at radius 1 is 1.29 bits per heavy atom. The summed E-state index contributed by atoms with van der Waals surface area (Å²) in [6, 6.07) is 6.82. The van der Waals surface area contributed by atoms with Crippen LogP contribution >= 0.6 is 0 Å². The molecule has 0 saturated carbocycles. The Hall–Kier alpha value is -2.41. The van der Waals surface area contributed by atoms with Crippen molar-refractivity contribution in [2.75, 3.05) is 19.8 Å². The number of carbonyl (C=O) groups excluding carboxylic acids is 1. The normalized spacial score (nSPS) is 18.5. The van der Waals surface area contributed by atoms with Crippen LogP contribution in [0.25, 0.3) is 0 Å². The molecule has 128 valence electrons. The quantitative estimate of drug-likeness (QED) is 0.860. The monoisotopic (exact) mass is 331 g/mol. The Labute approximate surface area is 140 Å². The molecule has 1 amide bonds. The molecule has 1 fully saturated rings. The fourth-order valence-corrected chi connectivity index (χ4v) is 2.57. The van der Waals surface area contributed by atoms with Crippen LogP contribution in [0, 0.1) is 0 Å². The van der Waals surface area contributed by atoms with E-state index in [1.807, 2.05) is 32.9 Å². The van der Waals surface area contributed by atoms with E-state index in [-0.39, 0.29) is 17.6 Å². The van der Waals surface area contributed by atoms with Gasteiger partial charge in [-0.3, -0.25) is 4.79 Å². The van der Waals surface area contributed by atoms with Crippen LogP contribution in [0.4, 0.5) is 0 Å². The van der Waals surface area contributed by atoms with E-state index in [0.29, 0.717) is 31.1 Å². The molecule has 0 radical (unpaired) electrons. The molecular formula is C17H21N3O4. The van der Waals surface area contributed by atoms with Gasteiger partial charge in [0.15, 0.2) is 5.82 Å². The maximum absolute atomic E-state index is 12.8. The molecule has 0 unspecified atom stereocenters. The number of nitrogens with zero attached hydrogens (tertiary/aromatic N) is 3. The second-order valence-electron chi connectivity index (χ2n) is 6.62. The van der Waals surface area contributed by atoms with Crippen molar-refractivity contribution in [2.45, 2.75) is 32.4 Å². The Bertz CT molecular complexity index is 677. The molecule has 2 heterocycles. The molecule has 1 aliphatic heterocycles. The van der Waals surface area contributed by atoms with Gasteiger partial charge in [-0.05, 0) is 45.0 Å². The van der Waals surface area contributed by atoms with Crippen LogP contribution in [0.3, 0.4) is 0 Å². The highest BCUT2D eigenvalue weighted by Gasteiger charge is 2.32. The lowest BCUT2D eigenvalue weighted by molar-refractivity contribution is -0.00577. The summed E-state index contributed by atoms with van der Waals surface area (Å²) in [5.74, 6) is 1.10. The van der Waals surface area contributed by atoms with Gasteiger partial charge in [0.25, 0.3) is 5.91 Å². The number of carbonyl (C=O) groups is 1. The summed E-state index contributed by atoms with van der Waals surface area (Å²) in [5, 5.41) is 3.84. The number of aromatic nitrogens is 2. The predicted octanol–water partition coefficient (Wildman–Crippen LogP) is 2.46. The molecule has 24 heavy (non-hydrogen) atoms. The van der Waals surface area contributed by atoms with Crippen molar-refractivity contribution in [3.63, 3.8) is 0 Å². The van der Waals surface area contributed by atoms with E-state index in [0.717, 1.165) is 5.75 Å². The lowest BCUT2D eigenvalue weighted by atomic mass is 10.1. The second kappa shape index (κ2) is 6.60. The number of hydrogen-bond donors (Lipinski definition) is 0. The minimum atomic E-state index is -0.337. The van der Waals surface area contributed by atoms with Gasteiger partial charge in [-0.2, -0.15) is 4.98 Å². The molecule has 1 atom stereocenters. The smallest absolute Gasteiger partial charge is 0.254 e. The molecule has 1 saturated heterocycles. The minimum Gasteiger partial charge on any atom is -0.488 e. The Balaban J connectivity index is 1.77. The number of amides is 1. The van der Waals surface area contributed by atoms with Crippen molar-refractivity contribution < 1.29 is 18.8 Å². The predicted molar refractivity (Wildman–Crippen MR) is 85.7 cm³/mol. The van der Waals surface area contributed by atoms with Gasteiger partial charge in [0.05, 0.1) is 13.2 Å². The lowest BCUT2D eigenvalue weighted by Gasteiger charge is -2.33. The molecule has 0 N–H and O–H groups in total. The first-order valence-electron chi connectivity index (χ1n) is 7.88. The van der Waals surface area contributed by atoms with Gasteiger partial charge in [-0.15, -0.1) is 0 Å². The third kappa shape index (κ3) is 3.73. The van der Waals surface area contributed by atoms with Crippen LogP contribution in [0.15, 0.2) is 35.2 Å². The molecule has 2 aromatic rings. The van der Waals surface area contributed by atoms with Crippen LogP contribution in [-0.4, -0.2) is 46.3 Å². The number of benzene rings is 1. The molecule has 7 heteroatoms. The first kappa shape index (κ1) is 16.4. The molecule has 0 bridgehead atoms. The van der Waals surface area contributed by atoms with Gasteiger partial charge in [0, 0.05) is 12.1 Å². The van der Waals surface area contributed by atoms with Crippen molar-refractivity contribution in [3.8, 4) is 5.75 Å². The van der Waals surface area contributed by atoms with E-state index < -0.39 is 0 Å². The lowest BCUT2D eigenvalue weighted by Crippen LogP contribution is -2.43. The molecular weight excluding hydrogens is 310 g/mol. The fraction of sp³-hybridized carbons (Fsp3) is 0.471. The highest BCUT2D eigenvalue weighted by atomic mass is 16.5. The van der Waals surface area contributed by atoms with Gasteiger partial charge in [-0.1, -0.05) is 5.16 Å². The van der Waals surface area contributed by atoms with Gasteiger partial charge >= 0.3 is 0 Å². The molecule has 1 aliphatic rings. The molecule has 7 nitrogen and oxygen atoms in total. The number of hydrogen-bond acceptors (Lipinski definition) is 6. The van der Waals surface area contributed by atoms with Gasteiger partial charge in [0.2, 0.25) is 6.39 Å². The van der Waals surface area contributed by atoms with E-state index in [4.69, 9.17) is 14.0 Å². The van der Waals surface area contributed by atoms with Crippen molar-refractivity contribution >= 4 is 5.91 Å². The second-order valence-corrected chi connectivity index (χ2v) is 6.62. The van der Waals surface area contributed by atoms with Gasteiger partial charge in [-0.25, -0.2) is 0 Å². The molecule has 1 aromatic carbocycles. The average molecular weight is 331 g/mol. The third-order valence-corrected chi connectivity index (χ3v) is 3.59. The van der Waals surface area contributed by atoms with Crippen LogP contribution in [0.2, 0.25) is 0 Å². The fourth-order valence-electron chi connectivity index (χ4n) is 2.57. The van der Waals surface area contributed by atoms with E-state index >= 15 is 0 Å². The minimum absolute atomic E-state index is 0.0876. The van der Waals surface area contributed by atoms with E-state index in [9.17, 15) is 4.79 Å². The first-order valence-corrected chi connectivity index (χ1v) is 7.88. The van der Waals surface area contributed by atoms with Crippen molar-refractivity contribution in [1.82, 2.24) is 15.0 Å². The molecule has 3 rings (SSSR count). The van der Waals surface area contributed by atoms with Crippen LogP contribution in [0.5, 0.6) is 5.75 Å². The third-order valence-electron chi connectivity index (χ3n) is 3.59. The summed E-state index contributed by atoms with van der Waals surface area (Å²) in [7, 11) is 0. The van der Waals surface area contributed by atoms with Crippen molar-refractivity contribution in [2.24, 2.45) is 0 Å². The van der Waals surface area contributed by atoms with Crippen molar-refractivity contribution in [3.05, 3.63) is 42.0 Å². The zero-order valence-electron chi connectivity index (χ0n) is 14.1. The van der Waals surface area contributed by atoms with Crippen LogP contribution in [0.1, 0.15) is 43.0 Å². The summed E-state index contributed by atoms with van der Waals surface area (Å²) in [5.41, 5.74) is 0.311. The van der Waals surface area contributed by atoms with Crippen molar-refractivity contribution in [1.29, 1.82) is 0 Å². The Kier molecular flexibility index (Phi) is 4.53. The topological polar surface area (TPSA) is 77.7 Å². The summed E-state index contributed by atoms with van der Waals surface area (Å²) in [6.45, 7) is 7.28. The number of morpholine rings is 1. The zero-order chi connectivity index (χ0) is 17.2. The highest BCUT2D eigenvalue weighted by molar-refractivity contribution is 5.94. The summed E-state index contributed by atoms with van der Waals surface area (Å²) < 4.78 is 16.0. The number of rotatable bonds is 3. The summed E-state index contributed by atoms with van der Waals surface area (Å²) >= 11 is 0. The summed E-state index contributed by atoms with van der Waals surface area (Å²) in [4.78, 5) is 18.6. The van der Waals surface area contributed by atoms with Gasteiger partial charge in [0.1, 0.15) is 17.4 Å². The maximum Gasteiger partial charge on any atom is 0.254 e. The molecule has 0 aliphatic carbocycles. The number of ether oxygens (including phenoxy) is 2.